The first-order valence-electron chi connectivity index (χ1n) is 8.89. The number of fused-ring (bicyclic) bond motifs is 1. The number of phenols is 1. The van der Waals surface area contributed by atoms with E-state index in [2.05, 4.69) is 34.0 Å². The zero-order chi connectivity index (χ0) is 17.8. The first-order chi connectivity index (χ1) is 12.0. The Labute approximate surface area is 148 Å². The molecule has 0 fully saturated rings. The van der Waals surface area contributed by atoms with Crippen molar-refractivity contribution in [2.24, 2.45) is 5.92 Å². The van der Waals surface area contributed by atoms with E-state index < -0.39 is 0 Å². The number of phenolic OH excluding ortho intramolecular Hbond substituents is 1. The number of carbonyl (C=O) groups excluding carboxylic acids is 1. The minimum atomic E-state index is -0.208. The van der Waals surface area contributed by atoms with Crippen LogP contribution in [-0.2, 0) is 19.5 Å². The molecule has 3 rings (SSSR count). The fraction of sp³-hybridized carbons (Fsp3) is 0.474. The molecule has 2 amide bonds. The minimum Gasteiger partial charge on any atom is -0.508 e. The second kappa shape index (κ2) is 7.59. The fourth-order valence-corrected chi connectivity index (χ4v) is 3.41. The Morgan fingerprint density at radius 2 is 2.28 bits per heavy atom. The topological polar surface area (TPSA) is 79.2 Å². The lowest BCUT2D eigenvalue weighted by molar-refractivity contribution is 0.234. The third-order valence-electron chi connectivity index (χ3n) is 4.56. The summed E-state index contributed by atoms with van der Waals surface area (Å²) < 4.78 is 2.07. The highest BCUT2D eigenvalue weighted by Crippen LogP contribution is 2.34. The van der Waals surface area contributed by atoms with Gasteiger partial charge in [0.15, 0.2) is 0 Å². The van der Waals surface area contributed by atoms with Crippen LogP contribution in [-0.4, -0.2) is 20.7 Å². The smallest absolute Gasteiger partial charge is 0.315 e. The van der Waals surface area contributed by atoms with E-state index in [-0.39, 0.29) is 12.1 Å². The van der Waals surface area contributed by atoms with Crippen molar-refractivity contribution in [3.63, 3.8) is 0 Å². The second-order valence-corrected chi connectivity index (χ2v) is 7.01. The molecule has 1 unspecified atom stereocenters. The molecule has 2 aromatic rings. The average Bonchev–Trinajstić information content (AvgIpc) is 3.00. The molecule has 0 saturated carbocycles. The fourth-order valence-electron chi connectivity index (χ4n) is 3.41. The lowest BCUT2D eigenvalue weighted by Crippen LogP contribution is -2.39. The van der Waals surface area contributed by atoms with Gasteiger partial charge in [-0.25, -0.2) is 9.78 Å². The van der Waals surface area contributed by atoms with Crippen molar-refractivity contribution in [2.45, 2.75) is 52.2 Å². The molecule has 3 N–H and O–H groups in total. The van der Waals surface area contributed by atoms with Gasteiger partial charge in [0, 0.05) is 18.9 Å². The second-order valence-electron chi connectivity index (χ2n) is 7.01. The summed E-state index contributed by atoms with van der Waals surface area (Å²) in [4.78, 5) is 16.6. The Bertz CT molecular complexity index is 739. The van der Waals surface area contributed by atoms with Gasteiger partial charge in [-0.05, 0) is 42.4 Å². The number of hydrogen-bond donors (Lipinski definition) is 3. The number of nitrogens with one attached hydrogen (secondary N) is 2. The highest BCUT2D eigenvalue weighted by Gasteiger charge is 2.23. The van der Waals surface area contributed by atoms with Crippen molar-refractivity contribution in [3.05, 3.63) is 47.5 Å². The number of amides is 2. The SMILES string of the molecule is CC(C)Cn1ccnc1CNC(=O)NC1CCCc2c(O)cccc21. The summed E-state index contributed by atoms with van der Waals surface area (Å²) in [5.74, 6) is 1.69. The van der Waals surface area contributed by atoms with Crippen LogP contribution in [0.2, 0.25) is 0 Å². The van der Waals surface area contributed by atoms with E-state index in [1.54, 1.807) is 12.3 Å². The average molecular weight is 342 g/mol. The third-order valence-corrected chi connectivity index (χ3v) is 4.56. The Hall–Kier alpha value is -2.50. The molecule has 1 atom stereocenters. The maximum absolute atomic E-state index is 12.3. The normalized spacial score (nSPS) is 16.5. The van der Waals surface area contributed by atoms with Crippen LogP contribution in [0.25, 0.3) is 0 Å². The summed E-state index contributed by atoms with van der Waals surface area (Å²) in [6.45, 7) is 5.58. The Kier molecular flexibility index (Phi) is 5.26. The van der Waals surface area contributed by atoms with Gasteiger partial charge in [-0.2, -0.15) is 0 Å². The van der Waals surface area contributed by atoms with E-state index in [0.717, 1.165) is 42.8 Å². The third kappa shape index (κ3) is 4.13. The first-order valence-corrected chi connectivity index (χ1v) is 8.89. The van der Waals surface area contributed by atoms with E-state index in [1.165, 1.54) is 0 Å². The van der Waals surface area contributed by atoms with Crippen LogP contribution in [0.5, 0.6) is 5.75 Å². The Morgan fingerprint density at radius 3 is 3.08 bits per heavy atom. The number of benzene rings is 1. The molecule has 1 aromatic heterocycles. The van der Waals surface area contributed by atoms with Gasteiger partial charge in [0.05, 0.1) is 12.6 Å². The first kappa shape index (κ1) is 17.3. The van der Waals surface area contributed by atoms with Gasteiger partial charge in [0.1, 0.15) is 11.6 Å². The number of nitrogens with zero attached hydrogens (tertiary/aromatic N) is 2. The predicted molar refractivity (Wildman–Crippen MR) is 96.2 cm³/mol. The van der Waals surface area contributed by atoms with Gasteiger partial charge in [0.2, 0.25) is 0 Å². The van der Waals surface area contributed by atoms with Crippen molar-refractivity contribution < 1.29 is 9.90 Å². The molecule has 0 aliphatic heterocycles. The van der Waals surface area contributed by atoms with Gasteiger partial charge in [-0.15, -0.1) is 0 Å². The summed E-state index contributed by atoms with van der Waals surface area (Å²) in [6.07, 6.45) is 6.39. The van der Waals surface area contributed by atoms with Crippen LogP contribution >= 0.6 is 0 Å². The highest BCUT2D eigenvalue weighted by molar-refractivity contribution is 5.74. The van der Waals surface area contributed by atoms with E-state index in [1.807, 2.05) is 18.3 Å². The van der Waals surface area contributed by atoms with Crippen molar-refractivity contribution in [1.29, 1.82) is 0 Å². The maximum atomic E-state index is 12.3. The van der Waals surface area contributed by atoms with Crippen LogP contribution in [0.4, 0.5) is 4.79 Å². The molecule has 1 heterocycles. The zero-order valence-corrected chi connectivity index (χ0v) is 14.8. The Balaban J connectivity index is 1.59. The predicted octanol–water partition coefficient (Wildman–Crippen LogP) is 3.12. The standard InChI is InChI=1S/C19H26N4O2/c1-13(2)12-23-10-9-20-18(23)11-21-19(25)22-16-7-3-6-15-14(16)5-4-8-17(15)24/h4-5,8-10,13,16,24H,3,6-7,11-12H2,1-2H3,(H2,21,22,25). The summed E-state index contributed by atoms with van der Waals surface area (Å²) in [7, 11) is 0. The van der Waals surface area contributed by atoms with Crippen molar-refractivity contribution >= 4 is 6.03 Å². The van der Waals surface area contributed by atoms with Crippen LogP contribution in [0.1, 0.15) is 49.7 Å². The lowest BCUT2D eigenvalue weighted by Gasteiger charge is -2.27. The Morgan fingerprint density at radius 1 is 1.44 bits per heavy atom. The maximum Gasteiger partial charge on any atom is 0.315 e. The van der Waals surface area contributed by atoms with Gasteiger partial charge in [-0.3, -0.25) is 0 Å². The van der Waals surface area contributed by atoms with Gasteiger partial charge in [0.25, 0.3) is 0 Å². The summed E-state index contributed by atoms with van der Waals surface area (Å²) >= 11 is 0. The molecule has 25 heavy (non-hydrogen) atoms. The van der Waals surface area contributed by atoms with Crippen LogP contribution in [0.15, 0.2) is 30.6 Å². The number of imidazole rings is 1. The lowest BCUT2D eigenvalue weighted by atomic mass is 9.87. The number of urea groups is 1. The van der Waals surface area contributed by atoms with Gasteiger partial charge in [-0.1, -0.05) is 26.0 Å². The van der Waals surface area contributed by atoms with Gasteiger partial charge >= 0.3 is 6.03 Å². The number of rotatable bonds is 5. The molecule has 0 saturated heterocycles. The van der Waals surface area contributed by atoms with Crippen LogP contribution in [0.3, 0.4) is 0 Å². The van der Waals surface area contributed by atoms with Crippen molar-refractivity contribution in [3.8, 4) is 5.75 Å². The number of aromatic hydroxyl groups is 1. The number of aromatic nitrogens is 2. The van der Waals surface area contributed by atoms with Crippen molar-refractivity contribution in [1.82, 2.24) is 20.2 Å². The zero-order valence-electron chi connectivity index (χ0n) is 14.8. The number of hydrogen-bond acceptors (Lipinski definition) is 3. The van der Waals surface area contributed by atoms with Gasteiger partial charge < -0.3 is 20.3 Å². The van der Waals surface area contributed by atoms with E-state index in [0.29, 0.717) is 18.2 Å². The molecule has 6 nitrogen and oxygen atoms in total. The quantitative estimate of drug-likeness (QED) is 0.781. The van der Waals surface area contributed by atoms with Crippen LogP contribution in [0, 0.1) is 5.92 Å². The largest absolute Gasteiger partial charge is 0.508 e. The molecule has 1 aliphatic rings. The molecule has 1 aliphatic carbocycles. The van der Waals surface area contributed by atoms with Crippen molar-refractivity contribution in [2.75, 3.05) is 0 Å². The molecule has 0 bridgehead atoms. The van der Waals surface area contributed by atoms with E-state index in [9.17, 15) is 9.90 Å². The molecule has 0 spiro atoms. The van der Waals surface area contributed by atoms with E-state index >= 15 is 0 Å². The molecular weight excluding hydrogens is 316 g/mol. The molecule has 1 aromatic carbocycles. The molecule has 6 heteroatoms. The summed E-state index contributed by atoms with van der Waals surface area (Å²) in [6, 6.07) is 5.24. The molecule has 0 radical (unpaired) electrons. The number of carbonyl (C=O) groups is 1. The minimum absolute atomic E-state index is 0.0636. The summed E-state index contributed by atoms with van der Waals surface area (Å²) in [5, 5.41) is 15.9. The summed E-state index contributed by atoms with van der Waals surface area (Å²) in [5.41, 5.74) is 1.97. The molecular formula is C19H26N4O2. The van der Waals surface area contributed by atoms with E-state index in [4.69, 9.17) is 0 Å². The molecule has 134 valence electrons. The van der Waals surface area contributed by atoms with Crippen LogP contribution < -0.4 is 10.6 Å². The monoisotopic (exact) mass is 342 g/mol. The highest BCUT2D eigenvalue weighted by atomic mass is 16.3.